The number of rotatable bonds is 6. The molecule has 0 spiro atoms. The Morgan fingerprint density at radius 3 is 2.79 bits per heavy atom. The lowest BCUT2D eigenvalue weighted by atomic mass is 9.95. The van der Waals surface area contributed by atoms with Gasteiger partial charge in [0.15, 0.2) is 0 Å². The molecule has 0 unspecified atom stereocenters. The fourth-order valence-corrected chi connectivity index (χ4v) is 2.31. The minimum absolute atomic E-state index is 0.964. The van der Waals surface area contributed by atoms with Crippen LogP contribution in [0.25, 0.3) is 0 Å². The van der Waals surface area contributed by atoms with Gasteiger partial charge in [-0.25, -0.2) is 0 Å². The third kappa shape index (κ3) is 3.97. The van der Waals surface area contributed by atoms with E-state index in [2.05, 4.69) is 10.6 Å². The van der Waals surface area contributed by atoms with Gasteiger partial charge in [-0.2, -0.15) is 0 Å². The van der Waals surface area contributed by atoms with Gasteiger partial charge in [-0.15, -0.1) is 0 Å². The molecule has 1 aliphatic carbocycles. The van der Waals surface area contributed by atoms with Crippen LogP contribution in [0.4, 0.5) is 0 Å². The van der Waals surface area contributed by atoms with E-state index in [1.165, 1.54) is 64.7 Å². The van der Waals surface area contributed by atoms with E-state index in [4.69, 9.17) is 0 Å². The summed E-state index contributed by atoms with van der Waals surface area (Å²) in [5.41, 5.74) is 0. The molecular formula is C12H24N2. The summed E-state index contributed by atoms with van der Waals surface area (Å²) in [7, 11) is 0. The van der Waals surface area contributed by atoms with Gasteiger partial charge in [0.25, 0.3) is 0 Å². The van der Waals surface area contributed by atoms with Crippen molar-refractivity contribution >= 4 is 0 Å². The Labute approximate surface area is 87.8 Å². The summed E-state index contributed by atoms with van der Waals surface area (Å²) in [6.07, 6.45) is 8.58. The molecule has 1 aliphatic heterocycles. The fraction of sp³-hybridized carbons (Fsp3) is 1.00. The third-order valence-electron chi connectivity index (χ3n) is 3.49. The van der Waals surface area contributed by atoms with Gasteiger partial charge in [-0.05, 0) is 76.5 Å². The standard InChI is InChI=1S/C12H24N2/c1-3-11(9-13-7-1)4-2-8-14-10-12-5-6-12/h11-14H,1-10H2. The molecule has 14 heavy (non-hydrogen) atoms. The van der Waals surface area contributed by atoms with Crippen LogP contribution in [0.3, 0.4) is 0 Å². The van der Waals surface area contributed by atoms with Crippen LogP contribution in [0.1, 0.15) is 38.5 Å². The summed E-state index contributed by atoms with van der Waals surface area (Å²) < 4.78 is 0. The summed E-state index contributed by atoms with van der Waals surface area (Å²) in [5, 5.41) is 7.05. The molecule has 0 radical (unpaired) electrons. The zero-order valence-corrected chi connectivity index (χ0v) is 9.23. The van der Waals surface area contributed by atoms with E-state index in [1.807, 2.05) is 0 Å². The van der Waals surface area contributed by atoms with Crippen molar-refractivity contribution < 1.29 is 0 Å². The van der Waals surface area contributed by atoms with E-state index in [9.17, 15) is 0 Å². The second-order valence-electron chi connectivity index (χ2n) is 5.00. The largest absolute Gasteiger partial charge is 0.316 e. The van der Waals surface area contributed by atoms with Crippen LogP contribution in [0.2, 0.25) is 0 Å². The Morgan fingerprint density at radius 1 is 1.14 bits per heavy atom. The Hall–Kier alpha value is -0.0800. The van der Waals surface area contributed by atoms with Gasteiger partial charge >= 0.3 is 0 Å². The van der Waals surface area contributed by atoms with Crippen molar-refractivity contribution in [1.82, 2.24) is 10.6 Å². The first kappa shape index (κ1) is 10.4. The molecule has 0 aromatic carbocycles. The molecule has 0 atom stereocenters. The van der Waals surface area contributed by atoms with Gasteiger partial charge in [0.05, 0.1) is 0 Å². The average Bonchev–Trinajstić information content (AvgIpc) is 3.03. The molecule has 0 aromatic rings. The van der Waals surface area contributed by atoms with Crippen LogP contribution >= 0.6 is 0 Å². The van der Waals surface area contributed by atoms with Crippen molar-refractivity contribution in [1.29, 1.82) is 0 Å². The minimum Gasteiger partial charge on any atom is -0.316 e. The molecular weight excluding hydrogens is 172 g/mol. The van der Waals surface area contributed by atoms with Gasteiger partial charge in [0, 0.05) is 0 Å². The lowest BCUT2D eigenvalue weighted by molar-refractivity contribution is 0.348. The summed E-state index contributed by atoms with van der Waals surface area (Å²) in [5.74, 6) is 2.00. The zero-order chi connectivity index (χ0) is 9.64. The Morgan fingerprint density at radius 2 is 2.07 bits per heavy atom. The van der Waals surface area contributed by atoms with Gasteiger partial charge in [-0.1, -0.05) is 0 Å². The van der Waals surface area contributed by atoms with Crippen LogP contribution in [0.15, 0.2) is 0 Å². The number of hydrogen-bond donors (Lipinski definition) is 2. The molecule has 2 fully saturated rings. The summed E-state index contributed by atoms with van der Waals surface area (Å²) in [4.78, 5) is 0. The normalized spacial score (nSPS) is 27.9. The molecule has 82 valence electrons. The lowest BCUT2D eigenvalue weighted by Crippen LogP contribution is -2.30. The molecule has 2 aliphatic rings. The maximum Gasteiger partial charge on any atom is -0.00205 e. The highest BCUT2D eigenvalue weighted by molar-refractivity contribution is 4.75. The average molecular weight is 196 g/mol. The van der Waals surface area contributed by atoms with E-state index in [-0.39, 0.29) is 0 Å². The molecule has 1 heterocycles. The van der Waals surface area contributed by atoms with E-state index < -0.39 is 0 Å². The van der Waals surface area contributed by atoms with E-state index in [0.29, 0.717) is 0 Å². The Kier molecular flexibility index (Phi) is 4.26. The molecule has 0 amide bonds. The first-order valence-corrected chi connectivity index (χ1v) is 6.36. The SMILES string of the molecule is C1CNCC(CCCNCC2CC2)C1. The highest BCUT2D eigenvalue weighted by atomic mass is 14.9. The van der Waals surface area contributed by atoms with Crippen molar-refractivity contribution in [2.45, 2.75) is 38.5 Å². The zero-order valence-electron chi connectivity index (χ0n) is 9.23. The van der Waals surface area contributed by atoms with Crippen LogP contribution in [-0.2, 0) is 0 Å². The highest BCUT2D eigenvalue weighted by Crippen LogP contribution is 2.27. The van der Waals surface area contributed by atoms with Crippen molar-refractivity contribution in [3.63, 3.8) is 0 Å². The minimum atomic E-state index is 0.964. The van der Waals surface area contributed by atoms with Crippen molar-refractivity contribution in [3.05, 3.63) is 0 Å². The first-order valence-electron chi connectivity index (χ1n) is 6.36. The van der Waals surface area contributed by atoms with Gasteiger partial charge in [0.2, 0.25) is 0 Å². The maximum atomic E-state index is 3.57. The second-order valence-corrected chi connectivity index (χ2v) is 5.00. The lowest BCUT2D eigenvalue weighted by Gasteiger charge is -2.22. The summed E-state index contributed by atoms with van der Waals surface area (Å²) >= 11 is 0. The van der Waals surface area contributed by atoms with E-state index >= 15 is 0 Å². The highest BCUT2D eigenvalue weighted by Gasteiger charge is 2.20. The molecule has 2 rings (SSSR count). The maximum absolute atomic E-state index is 3.57. The molecule has 2 N–H and O–H groups in total. The molecule has 2 heteroatoms. The monoisotopic (exact) mass is 196 g/mol. The smallest absolute Gasteiger partial charge is 0.00205 e. The van der Waals surface area contributed by atoms with Crippen LogP contribution in [-0.4, -0.2) is 26.2 Å². The molecule has 0 aromatic heterocycles. The van der Waals surface area contributed by atoms with Crippen LogP contribution in [0, 0.1) is 11.8 Å². The van der Waals surface area contributed by atoms with Crippen molar-refractivity contribution in [3.8, 4) is 0 Å². The Bertz CT molecular complexity index is 148. The summed E-state index contributed by atoms with van der Waals surface area (Å²) in [6, 6.07) is 0. The summed E-state index contributed by atoms with van der Waals surface area (Å²) in [6.45, 7) is 5.04. The van der Waals surface area contributed by atoms with Gasteiger partial charge in [0.1, 0.15) is 0 Å². The molecule has 2 nitrogen and oxygen atoms in total. The predicted molar refractivity (Wildman–Crippen MR) is 60.4 cm³/mol. The topological polar surface area (TPSA) is 24.1 Å². The van der Waals surface area contributed by atoms with Crippen molar-refractivity contribution in [2.24, 2.45) is 11.8 Å². The molecule has 0 bridgehead atoms. The van der Waals surface area contributed by atoms with Crippen LogP contribution in [0.5, 0.6) is 0 Å². The predicted octanol–water partition coefficient (Wildman–Crippen LogP) is 1.77. The number of nitrogens with one attached hydrogen (secondary N) is 2. The molecule has 1 saturated heterocycles. The molecule has 1 saturated carbocycles. The first-order chi connectivity index (χ1) is 6.95. The quantitative estimate of drug-likeness (QED) is 0.633. The fourth-order valence-electron chi connectivity index (χ4n) is 2.31. The van der Waals surface area contributed by atoms with Gasteiger partial charge in [-0.3, -0.25) is 0 Å². The number of piperidine rings is 1. The van der Waals surface area contributed by atoms with Crippen LogP contribution < -0.4 is 10.6 Å². The number of hydrogen-bond acceptors (Lipinski definition) is 2. The van der Waals surface area contributed by atoms with Gasteiger partial charge < -0.3 is 10.6 Å². The second kappa shape index (κ2) is 5.72. The third-order valence-corrected chi connectivity index (χ3v) is 3.49. The van der Waals surface area contributed by atoms with Crippen molar-refractivity contribution in [2.75, 3.05) is 26.2 Å². The Balaban J connectivity index is 1.41. The van der Waals surface area contributed by atoms with E-state index in [0.717, 1.165) is 11.8 Å². The van der Waals surface area contributed by atoms with E-state index in [1.54, 1.807) is 0 Å².